The van der Waals surface area contributed by atoms with Crippen LogP contribution in [0.15, 0.2) is 24.4 Å². The van der Waals surface area contributed by atoms with Crippen molar-refractivity contribution in [3.05, 3.63) is 24.4 Å². The molecule has 0 radical (unpaired) electrons. The van der Waals surface area contributed by atoms with Crippen molar-refractivity contribution in [1.82, 2.24) is 14.6 Å². The summed E-state index contributed by atoms with van der Waals surface area (Å²) in [5.74, 6) is 1.98. The topological polar surface area (TPSA) is 91.4 Å². The molecule has 0 atom stereocenters. The molecular weight excluding hydrogens is 312 g/mol. The molecule has 1 saturated heterocycles. The normalized spacial score (nSPS) is 16.4. The minimum atomic E-state index is -3.29. The van der Waals surface area contributed by atoms with Gasteiger partial charge in [-0.05, 0) is 12.1 Å². The molecule has 7 nitrogen and oxygen atoms in total. The van der Waals surface area contributed by atoms with E-state index in [9.17, 15) is 13.2 Å². The fourth-order valence-electron chi connectivity index (χ4n) is 1.84. The van der Waals surface area contributed by atoms with Crippen LogP contribution in [-0.4, -0.2) is 60.6 Å². The molecule has 0 aromatic carbocycles. The molecule has 9 heteroatoms. The summed E-state index contributed by atoms with van der Waals surface area (Å²) in [5, 5.41) is 5.06. The van der Waals surface area contributed by atoms with Crippen LogP contribution in [0, 0.1) is 0 Å². The highest BCUT2D eigenvalue weighted by molar-refractivity contribution is 7.99. The first-order valence-corrected chi connectivity index (χ1v) is 9.36. The molecule has 2 N–H and O–H groups in total. The SMILES string of the molecule is O=C(NCCS(=O)(=O)N1CCSCC1)Nc1ccccn1. The Morgan fingerprint density at radius 1 is 1.33 bits per heavy atom. The molecule has 0 spiro atoms. The first kappa shape index (κ1) is 16.1. The Hall–Kier alpha value is -1.32. The second-order valence-electron chi connectivity index (χ2n) is 4.42. The molecule has 1 aliphatic rings. The minimum Gasteiger partial charge on any atom is -0.337 e. The Morgan fingerprint density at radius 3 is 2.76 bits per heavy atom. The van der Waals surface area contributed by atoms with E-state index in [0.717, 1.165) is 11.5 Å². The molecule has 2 rings (SSSR count). The predicted octanol–water partition coefficient (Wildman–Crippen LogP) is 0.582. The molecular formula is C12H18N4O3S2. The van der Waals surface area contributed by atoms with Crippen molar-refractivity contribution < 1.29 is 13.2 Å². The predicted molar refractivity (Wildman–Crippen MR) is 83.9 cm³/mol. The summed E-state index contributed by atoms with van der Waals surface area (Å²) < 4.78 is 25.6. The van der Waals surface area contributed by atoms with Gasteiger partial charge in [0.25, 0.3) is 0 Å². The first-order valence-electron chi connectivity index (χ1n) is 6.59. The van der Waals surface area contributed by atoms with Crippen molar-refractivity contribution in [1.29, 1.82) is 0 Å². The quantitative estimate of drug-likeness (QED) is 0.824. The molecule has 1 aromatic rings. The highest BCUT2D eigenvalue weighted by atomic mass is 32.2. The van der Waals surface area contributed by atoms with Crippen LogP contribution in [0.3, 0.4) is 0 Å². The summed E-state index contributed by atoms with van der Waals surface area (Å²) >= 11 is 1.75. The smallest absolute Gasteiger partial charge is 0.320 e. The Kier molecular flexibility index (Phi) is 5.83. The number of thioether (sulfide) groups is 1. The summed E-state index contributed by atoms with van der Waals surface area (Å²) in [4.78, 5) is 15.5. The maximum absolute atomic E-state index is 12.1. The van der Waals surface area contributed by atoms with E-state index in [1.165, 1.54) is 4.31 Å². The average molecular weight is 330 g/mol. The van der Waals surface area contributed by atoms with Crippen LogP contribution in [-0.2, 0) is 10.0 Å². The van der Waals surface area contributed by atoms with E-state index in [2.05, 4.69) is 15.6 Å². The molecule has 1 fully saturated rings. The number of rotatable bonds is 5. The Morgan fingerprint density at radius 2 is 2.10 bits per heavy atom. The zero-order valence-corrected chi connectivity index (χ0v) is 13.1. The number of amides is 2. The van der Waals surface area contributed by atoms with E-state index in [1.54, 1.807) is 36.2 Å². The van der Waals surface area contributed by atoms with Gasteiger partial charge in [-0.25, -0.2) is 22.5 Å². The third-order valence-electron chi connectivity index (χ3n) is 2.92. The third kappa shape index (κ3) is 5.18. The number of carbonyl (C=O) groups excluding carboxylic acids is 1. The average Bonchev–Trinajstić information content (AvgIpc) is 2.49. The maximum Gasteiger partial charge on any atom is 0.320 e. The zero-order chi connectivity index (χ0) is 15.1. The summed E-state index contributed by atoms with van der Waals surface area (Å²) in [5.41, 5.74) is 0. The highest BCUT2D eigenvalue weighted by Crippen LogP contribution is 2.12. The number of nitrogens with zero attached hydrogens (tertiary/aromatic N) is 2. The Labute approximate surface area is 128 Å². The number of nitrogens with one attached hydrogen (secondary N) is 2. The standard InChI is InChI=1S/C12H18N4O3S2/c17-12(15-11-3-1-2-4-13-11)14-5-10-21(18,19)16-6-8-20-9-7-16/h1-4H,5-10H2,(H2,13,14,15,17). The van der Waals surface area contributed by atoms with Crippen molar-refractivity contribution in [2.45, 2.75) is 0 Å². The molecule has 1 aromatic heterocycles. The van der Waals surface area contributed by atoms with Crippen LogP contribution in [0.25, 0.3) is 0 Å². The van der Waals surface area contributed by atoms with Crippen molar-refractivity contribution in [2.24, 2.45) is 0 Å². The molecule has 2 amide bonds. The van der Waals surface area contributed by atoms with E-state index in [4.69, 9.17) is 0 Å². The minimum absolute atomic E-state index is 0.0741. The van der Waals surface area contributed by atoms with Gasteiger partial charge in [-0.1, -0.05) is 6.07 Å². The summed E-state index contributed by atoms with van der Waals surface area (Å²) in [6.45, 7) is 1.17. The van der Waals surface area contributed by atoms with Gasteiger partial charge < -0.3 is 5.32 Å². The molecule has 21 heavy (non-hydrogen) atoms. The zero-order valence-electron chi connectivity index (χ0n) is 11.5. The lowest BCUT2D eigenvalue weighted by atomic mass is 10.5. The number of hydrogen-bond acceptors (Lipinski definition) is 5. The van der Waals surface area contributed by atoms with Gasteiger partial charge in [0.05, 0.1) is 5.75 Å². The Balaban J connectivity index is 1.74. The summed E-state index contributed by atoms with van der Waals surface area (Å²) in [7, 11) is -3.29. The molecule has 116 valence electrons. The molecule has 0 saturated carbocycles. The van der Waals surface area contributed by atoms with Gasteiger partial charge in [-0.3, -0.25) is 5.32 Å². The van der Waals surface area contributed by atoms with E-state index in [1.807, 2.05) is 0 Å². The number of aromatic nitrogens is 1. The van der Waals surface area contributed by atoms with Crippen molar-refractivity contribution in [3.8, 4) is 0 Å². The lowest BCUT2D eigenvalue weighted by Crippen LogP contribution is -2.42. The second kappa shape index (κ2) is 7.62. The van der Waals surface area contributed by atoms with Gasteiger partial charge in [-0.15, -0.1) is 0 Å². The van der Waals surface area contributed by atoms with Crippen LogP contribution < -0.4 is 10.6 Å². The third-order valence-corrected chi connectivity index (χ3v) is 5.73. The summed E-state index contributed by atoms with van der Waals surface area (Å²) in [6, 6.07) is 4.69. The van der Waals surface area contributed by atoms with Crippen LogP contribution in [0.5, 0.6) is 0 Å². The number of pyridine rings is 1. The number of urea groups is 1. The van der Waals surface area contributed by atoms with Gasteiger partial charge in [-0.2, -0.15) is 11.8 Å². The van der Waals surface area contributed by atoms with Crippen LogP contribution in [0.1, 0.15) is 0 Å². The monoisotopic (exact) mass is 330 g/mol. The summed E-state index contributed by atoms with van der Waals surface area (Å²) in [6.07, 6.45) is 1.56. The van der Waals surface area contributed by atoms with Crippen LogP contribution in [0.2, 0.25) is 0 Å². The number of hydrogen-bond donors (Lipinski definition) is 2. The van der Waals surface area contributed by atoms with E-state index < -0.39 is 16.1 Å². The van der Waals surface area contributed by atoms with Gasteiger partial charge in [0, 0.05) is 37.3 Å². The molecule has 0 unspecified atom stereocenters. The molecule has 0 bridgehead atoms. The fourth-order valence-corrected chi connectivity index (χ4v) is 4.34. The molecule has 2 heterocycles. The van der Waals surface area contributed by atoms with Gasteiger partial charge >= 0.3 is 6.03 Å². The van der Waals surface area contributed by atoms with Crippen molar-refractivity contribution in [2.75, 3.05) is 42.2 Å². The van der Waals surface area contributed by atoms with E-state index in [0.29, 0.717) is 18.9 Å². The molecule has 0 aliphatic carbocycles. The largest absolute Gasteiger partial charge is 0.337 e. The number of sulfonamides is 1. The van der Waals surface area contributed by atoms with Gasteiger partial charge in [0.15, 0.2) is 0 Å². The van der Waals surface area contributed by atoms with E-state index in [-0.39, 0.29) is 12.3 Å². The van der Waals surface area contributed by atoms with Gasteiger partial charge in [0.2, 0.25) is 10.0 Å². The van der Waals surface area contributed by atoms with E-state index >= 15 is 0 Å². The van der Waals surface area contributed by atoms with Crippen LogP contribution >= 0.6 is 11.8 Å². The second-order valence-corrected chi connectivity index (χ2v) is 7.74. The fraction of sp³-hybridized carbons (Fsp3) is 0.500. The molecule has 1 aliphatic heterocycles. The highest BCUT2D eigenvalue weighted by Gasteiger charge is 2.23. The lowest BCUT2D eigenvalue weighted by molar-refractivity contribution is 0.252. The first-order chi connectivity index (χ1) is 10.1. The number of anilines is 1. The lowest BCUT2D eigenvalue weighted by Gasteiger charge is -2.25. The van der Waals surface area contributed by atoms with Crippen molar-refractivity contribution in [3.63, 3.8) is 0 Å². The Bertz CT molecular complexity index is 559. The number of carbonyl (C=O) groups is 1. The van der Waals surface area contributed by atoms with Gasteiger partial charge in [0.1, 0.15) is 5.82 Å². The van der Waals surface area contributed by atoms with Crippen LogP contribution in [0.4, 0.5) is 10.6 Å². The maximum atomic E-state index is 12.1. The van der Waals surface area contributed by atoms with Crippen molar-refractivity contribution >= 4 is 33.6 Å².